The second kappa shape index (κ2) is 5.41. The van der Waals surface area contributed by atoms with Crippen LogP contribution in [0.5, 0.6) is 11.5 Å². The van der Waals surface area contributed by atoms with Gasteiger partial charge in [0.15, 0.2) is 21.3 Å². The summed E-state index contributed by atoms with van der Waals surface area (Å²) in [6.45, 7) is 1.72. The van der Waals surface area contributed by atoms with Crippen LogP contribution in [0, 0.1) is 6.92 Å². The average Bonchev–Trinajstić information content (AvgIpc) is 2.73. The van der Waals surface area contributed by atoms with Gasteiger partial charge in [-0.1, -0.05) is 12.1 Å². The second-order valence-corrected chi connectivity index (χ2v) is 7.12. The van der Waals surface area contributed by atoms with Gasteiger partial charge in [0, 0.05) is 17.5 Å². The molecule has 0 saturated carbocycles. The van der Waals surface area contributed by atoms with Crippen LogP contribution in [0.3, 0.4) is 0 Å². The molecule has 0 bridgehead atoms. The number of rotatable bonds is 4. The predicted molar refractivity (Wildman–Crippen MR) is 75.7 cm³/mol. The van der Waals surface area contributed by atoms with E-state index in [4.69, 9.17) is 0 Å². The first-order valence-electron chi connectivity index (χ1n) is 6.61. The van der Waals surface area contributed by atoms with Gasteiger partial charge in [0.2, 0.25) is 0 Å². The summed E-state index contributed by atoms with van der Waals surface area (Å²) in [6.07, 6.45) is -2.33. The number of sulfone groups is 1. The zero-order valence-corrected chi connectivity index (χ0v) is 12.8. The Morgan fingerprint density at radius 3 is 2.70 bits per heavy atom. The molecule has 0 fully saturated rings. The Hall–Kier alpha value is -2.29. The number of nitrogens with zero attached hydrogens (tertiary/aromatic N) is 2. The Morgan fingerprint density at radius 2 is 1.96 bits per heavy atom. The molecule has 6 nitrogen and oxygen atoms in total. The van der Waals surface area contributed by atoms with Gasteiger partial charge in [-0.25, -0.2) is 18.4 Å². The molecule has 3 rings (SSSR count). The van der Waals surface area contributed by atoms with Gasteiger partial charge < -0.3 is 9.47 Å². The van der Waals surface area contributed by atoms with Crippen LogP contribution >= 0.6 is 0 Å². The fourth-order valence-electron chi connectivity index (χ4n) is 2.19. The maximum absolute atomic E-state index is 13.1. The summed E-state index contributed by atoms with van der Waals surface area (Å²) >= 11 is 0. The van der Waals surface area contributed by atoms with Crippen molar-refractivity contribution in [1.29, 1.82) is 0 Å². The molecule has 0 amide bonds. The van der Waals surface area contributed by atoms with Crippen molar-refractivity contribution >= 4 is 9.84 Å². The summed E-state index contributed by atoms with van der Waals surface area (Å²) in [6, 6.07) is 5.76. The highest BCUT2D eigenvalue weighted by Gasteiger charge is 2.44. The van der Waals surface area contributed by atoms with Crippen LogP contribution in [0.4, 0.5) is 8.78 Å². The molecular weight excluding hydrogens is 330 g/mol. The summed E-state index contributed by atoms with van der Waals surface area (Å²) in [5.74, 6) is -1.16. The minimum atomic E-state index is -3.79. The number of hydrogen-bond acceptors (Lipinski definition) is 6. The maximum Gasteiger partial charge on any atom is 0.586 e. The van der Waals surface area contributed by atoms with E-state index in [0.717, 1.165) is 0 Å². The largest absolute Gasteiger partial charge is 0.586 e. The van der Waals surface area contributed by atoms with Crippen LogP contribution in [0.1, 0.15) is 17.1 Å². The van der Waals surface area contributed by atoms with E-state index >= 15 is 0 Å². The van der Waals surface area contributed by atoms with Crippen molar-refractivity contribution in [3.05, 3.63) is 47.5 Å². The number of hydrogen-bond donors (Lipinski definition) is 0. The van der Waals surface area contributed by atoms with E-state index in [1.54, 1.807) is 13.0 Å². The monoisotopic (exact) mass is 342 g/mol. The Bertz CT molecular complexity index is 856. The van der Waals surface area contributed by atoms with E-state index < -0.39 is 27.6 Å². The summed E-state index contributed by atoms with van der Waals surface area (Å²) in [7, 11) is -3.67. The fraction of sp³-hybridized carbons (Fsp3) is 0.286. The lowest BCUT2D eigenvalue weighted by Crippen LogP contribution is -2.26. The zero-order chi connectivity index (χ0) is 16.7. The lowest BCUT2D eigenvalue weighted by molar-refractivity contribution is -0.286. The van der Waals surface area contributed by atoms with E-state index in [0.29, 0.717) is 5.69 Å². The van der Waals surface area contributed by atoms with Gasteiger partial charge in [-0.3, -0.25) is 0 Å². The minimum absolute atomic E-state index is 0.104. The summed E-state index contributed by atoms with van der Waals surface area (Å²) in [4.78, 5) is 7.93. The molecule has 0 atom stereocenters. The smallest absolute Gasteiger partial charge is 0.395 e. The first-order chi connectivity index (χ1) is 10.7. The van der Waals surface area contributed by atoms with E-state index in [2.05, 4.69) is 19.4 Å². The van der Waals surface area contributed by atoms with E-state index in [-0.39, 0.29) is 22.9 Å². The molecule has 122 valence electrons. The molecule has 23 heavy (non-hydrogen) atoms. The third kappa shape index (κ3) is 3.55. The summed E-state index contributed by atoms with van der Waals surface area (Å²) < 4.78 is 59.5. The quantitative estimate of drug-likeness (QED) is 0.848. The molecule has 1 aliphatic rings. The molecule has 1 aliphatic heterocycles. The van der Waals surface area contributed by atoms with E-state index in [1.807, 2.05) is 0 Å². The number of alkyl halides is 2. The van der Waals surface area contributed by atoms with Crippen LogP contribution < -0.4 is 9.47 Å². The first-order valence-corrected chi connectivity index (χ1v) is 8.43. The maximum atomic E-state index is 13.1. The predicted octanol–water partition coefficient (Wildman–Crippen LogP) is 2.22. The van der Waals surface area contributed by atoms with Gasteiger partial charge in [-0.05, 0) is 19.1 Å². The third-order valence-electron chi connectivity index (χ3n) is 3.08. The van der Waals surface area contributed by atoms with Gasteiger partial charge in [0.05, 0.1) is 5.75 Å². The highest BCUT2D eigenvalue weighted by atomic mass is 32.2. The van der Waals surface area contributed by atoms with Crippen LogP contribution in [0.2, 0.25) is 0 Å². The fourth-order valence-corrected chi connectivity index (χ4v) is 3.53. The van der Waals surface area contributed by atoms with Crippen molar-refractivity contribution < 1.29 is 26.7 Å². The third-order valence-corrected chi connectivity index (χ3v) is 4.53. The number of aromatic nitrogens is 2. The van der Waals surface area contributed by atoms with Crippen molar-refractivity contribution in [1.82, 2.24) is 9.97 Å². The number of halogens is 2. The van der Waals surface area contributed by atoms with Gasteiger partial charge >= 0.3 is 6.29 Å². The van der Waals surface area contributed by atoms with Gasteiger partial charge in [-0.2, -0.15) is 0 Å². The molecule has 0 saturated heterocycles. The van der Waals surface area contributed by atoms with Crippen LogP contribution in [0.25, 0.3) is 0 Å². The molecule has 0 aliphatic carbocycles. The molecule has 0 spiro atoms. The number of para-hydroxylation sites is 1. The molecular formula is C14H12F2N2O4S. The summed E-state index contributed by atoms with van der Waals surface area (Å²) in [5, 5.41) is 0. The van der Waals surface area contributed by atoms with Gasteiger partial charge in [-0.15, -0.1) is 8.78 Å². The van der Waals surface area contributed by atoms with E-state index in [9.17, 15) is 17.2 Å². The molecule has 1 aromatic heterocycles. The number of ether oxygens (including phenoxy) is 2. The minimum Gasteiger partial charge on any atom is -0.395 e. The van der Waals surface area contributed by atoms with Crippen LogP contribution in [-0.4, -0.2) is 24.7 Å². The average molecular weight is 342 g/mol. The van der Waals surface area contributed by atoms with Gasteiger partial charge in [0.1, 0.15) is 11.6 Å². The summed E-state index contributed by atoms with van der Waals surface area (Å²) in [5.41, 5.74) is 0.745. The Balaban J connectivity index is 1.84. The van der Waals surface area contributed by atoms with Crippen molar-refractivity contribution in [3.8, 4) is 11.5 Å². The topological polar surface area (TPSA) is 78.4 Å². The molecule has 1 aromatic carbocycles. The van der Waals surface area contributed by atoms with Crippen LogP contribution in [-0.2, 0) is 21.3 Å². The van der Waals surface area contributed by atoms with Gasteiger partial charge in [0.25, 0.3) is 0 Å². The first kappa shape index (κ1) is 15.6. The standard InChI is InChI=1S/C14H12F2N2O4S/c1-9-5-6-17-12(18-9)8-23(19,20)7-10-3-2-4-11-13(10)22-14(15,16)21-11/h2-6H,7-8H2,1H3. The molecule has 9 heteroatoms. The zero-order valence-electron chi connectivity index (χ0n) is 12.0. The van der Waals surface area contributed by atoms with Crippen molar-refractivity contribution in [2.24, 2.45) is 0 Å². The SMILES string of the molecule is Cc1ccnc(CS(=O)(=O)Cc2cccc3c2OC(F)(F)O3)n1. The lowest BCUT2D eigenvalue weighted by atomic mass is 10.2. The lowest BCUT2D eigenvalue weighted by Gasteiger charge is -2.08. The van der Waals surface area contributed by atoms with E-state index in [1.165, 1.54) is 24.4 Å². The Morgan fingerprint density at radius 1 is 1.17 bits per heavy atom. The van der Waals surface area contributed by atoms with Crippen LogP contribution in [0.15, 0.2) is 30.5 Å². The highest BCUT2D eigenvalue weighted by molar-refractivity contribution is 7.89. The number of fused-ring (bicyclic) bond motifs is 1. The molecule has 0 unspecified atom stereocenters. The van der Waals surface area contributed by atoms with Crippen molar-refractivity contribution in [3.63, 3.8) is 0 Å². The van der Waals surface area contributed by atoms with Crippen molar-refractivity contribution in [2.75, 3.05) is 0 Å². The normalized spacial score (nSPS) is 15.6. The molecule has 0 radical (unpaired) electrons. The number of benzene rings is 1. The number of aryl methyl sites for hydroxylation is 1. The second-order valence-electron chi connectivity index (χ2n) is 5.06. The Labute approximate surface area is 131 Å². The highest BCUT2D eigenvalue weighted by Crippen LogP contribution is 2.43. The molecule has 0 N–H and O–H groups in total. The molecule has 2 aromatic rings. The molecule has 2 heterocycles. The van der Waals surface area contributed by atoms with Crippen molar-refractivity contribution in [2.45, 2.75) is 24.7 Å². The Kier molecular flexibility index (Phi) is 3.67.